The first-order chi connectivity index (χ1) is 13.1. The monoisotopic (exact) mass is 401 g/mol. The van der Waals surface area contributed by atoms with Crippen LogP contribution in [-0.2, 0) is 9.53 Å². The van der Waals surface area contributed by atoms with Crippen molar-refractivity contribution in [1.29, 1.82) is 0 Å². The number of hydrogen-bond acceptors (Lipinski definition) is 5. The van der Waals surface area contributed by atoms with E-state index in [1.165, 1.54) is 11.3 Å². The molecular formula is C19H16ClN3O3S. The summed E-state index contributed by atoms with van der Waals surface area (Å²) in [7, 11) is 0. The zero-order valence-electron chi connectivity index (χ0n) is 14.2. The fourth-order valence-electron chi connectivity index (χ4n) is 2.87. The Labute approximate surface area is 164 Å². The highest BCUT2D eigenvalue weighted by Gasteiger charge is 2.23. The van der Waals surface area contributed by atoms with E-state index in [0.717, 1.165) is 16.6 Å². The van der Waals surface area contributed by atoms with Crippen LogP contribution < -0.4 is 10.6 Å². The number of amides is 2. The van der Waals surface area contributed by atoms with Gasteiger partial charge in [-0.1, -0.05) is 29.0 Å². The second-order valence-electron chi connectivity index (χ2n) is 6.16. The normalized spacial score (nSPS) is 16.4. The number of ether oxygens (including phenoxy) is 1. The van der Waals surface area contributed by atoms with Crippen molar-refractivity contribution in [3.63, 3.8) is 0 Å². The molecule has 1 fully saturated rings. The highest BCUT2D eigenvalue weighted by Crippen LogP contribution is 2.28. The highest BCUT2D eigenvalue weighted by atomic mass is 35.5. The Balaban J connectivity index is 1.47. The van der Waals surface area contributed by atoms with E-state index in [4.69, 9.17) is 16.3 Å². The van der Waals surface area contributed by atoms with Gasteiger partial charge in [0.2, 0.25) is 0 Å². The molecule has 3 aromatic rings. The Bertz CT molecular complexity index is 1010. The van der Waals surface area contributed by atoms with Crippen molar-refractivity contribution < 1.29 is 14.3 Å². The molecule has 1 aliphatic rings. The average molecular weight is 402 g/mol. The van der Waals surface area contributed by atoms with Gasteiger partial charge >= 0.3 is 0 Å². The lowest BCUT2D eigenvalue weighted by atomic mass is 10.1. The maximum absolute atomic E-state index is 12.5. The summed E-state index contributed by atoms with van der Waals surface area (Å²) in [5.74, 6) is -0.485. The van der Waals surface area contributed by atoms with Gasteiger partial charge in [0.05, 0.1) is 10.2 Å². The lowest BCUT2D eigenvalue weighted by Gasteiger charge is -2.11. The second-order valence-corrected chi connectivity index (χ2v) is 7.62. The SMILES string of the molecule is O=C(Nc1nc2ccc(Cl)cc2s1)c1cccc(NC(=O)[C@@H]2CCCO2)c1. The summed E-state index contributed by atoms with van der Waals surface area (Å²) < 4.78 is 6.27. The minimum absolute atomic E-state index is 0.187. The largest absolute Gasteiger partial charge is 0.368 e. The van der Waals surface area contributed by atoms with Crippen molar-refractivity contribution in [3.8, 4) is 0 Å². The van der Waals surface area contributed by atoms with E-state index in [0.29, 0.717) is 34.4 Å². The fraction of sp³-hybridized carbons (Fsp3) is 0.211. The third-order valence-electron chi connectivity index (χ3n) is 4.19. The predicted octanol–water partition coefficient (Wildman–Crippen LogP) is 4.32. The molecule has 27 heavy (non-hydrogen) atoms. The highest BCUT2D eigenvalue weighted by molar-refractivity contribution is 7.22. The first-order valence-corrected chi connectivity index (χ1v) is 9.68. The summed E-state index contributed by atoms with van der Waals surface area (Å²) in [6.45, 7) is 0.605. The van der Waals surface area contributed by atoms with Crippen LogP contribution in [0.4, 0.5) is 10.8 Å². The van der Waals surface area contributed by atoms with Gasteiger partial charge < -0.3 is 10.1 Å². The molecule has 0 spiro atoms. The molecule has 6 nitrogen and oxygen atoms in total. The summed E-state index contributed by atoms with van der Waals surface area (Å²) in [4.78, 5) is 29.1. The Morgan fingerprint density at radius 1 is 1.19 bits per heavy atom. The molecular weight excluding hydrogens is 386 g/mol. The minimum Gasteiger partial charge on any atom is -0.368 e. The van der Waals surface area contributed by atoms with Crippen molar-refractivity contribution in [2.75, 3.05) is 17.2 Å². The Kier molecular flexibility index (Phi) is 5.07. The quantitative estimate of drug-likeness (QED) is 0.682. The summed E-state index contributed by atoms with van der Waals surface area (Å²) in [6, 6.07) is 12.2. The molecule has 1 aliphatic heterocycles. The molecule has 0 unspecified atom stereocenters. The van der Waals surface area contributed by atoms with Gasteiger partial charge in [0.1, 0.15) is 6.10 Å². The maximum Gasteiger partial charge on any atom is 0.257 e. The van der Waals surface area contributed by atoms with Crippen LogP contribution in [0, 0.1) is 0 Å². The van der Waals surface area contributed by atoms with Crippen molar-refractivity contribution in [2.24, 2.45) is 0 Å². The molecule has 138 valence electrons. The fourth-order valence-corrected chi connectivity index (χ4v) is 4.00. The van der Waals surface area contributed by atoms with Gasteiger partial charge in [-0.15, -0.1) is 0 Å². The number of aromatic nitrogens is 1. The molecule has 0 saturated carbocycles. The van der Waals surface area contributed by atoms with Crippen molar-refractivity contribution in [1.82, 2.24) is 4.98 Å². The average Bonchev–Trinajstić information content (AvgIpc) is 3.31. The number of carbonyl (C=O) groups excluding carboxylic acids is 2. The lowest BCUT2D eigenvalue weighted by Crippen LogP contribution is -2.27. The smallest absolute Gasteiger partial charge is 0.257 e. The zero-order chi connectivity index (χ0) is 18.8. The molecule has 0 bridgehead atoms. The van der Waals surface area contributed by atoms with E-state index in [1.807, 2.05) is 12.1 Å². The van der Waals surface area contributed by atoms with Gasteiger partial charge in [0.25, 0.3) is 11.8 Å². The summed E-state index contributed by atoms with van der Waals surface area (Å²) >= 11 is 7.34. The van der Waals surface area contributed by atoms with Gasteiger partial charge in [-0.05, 0) is 49.2 Å². The summed E-state index contributed by atoms with van der Waals surface area (Å²) in [5, 5.41) is 6.71. The van der Waals surface area contributed by atoms with E-state index in [9.17, 15) is 9.59 Å². The second kappa shape index (κ2) is 7.64. The number of nitrogens with zero attached hydrogens (tertiary/aromatic N) is 1. The first-order valence-electron chi connectivity index (χ1n) is 8.48. The summed E-state index contributed by atoms with van der Waals surface area (Å²) in [5.41, 5.74) is 1.76. The van der Waals surface area contributed by atoms with E-state index < -0.39 is 6.10 Å². The van der Waals surface area contributed by atoms with Crippen LogP contribution in [-0.4, -0.2) is 29.5 Å². The van der Waals surface area contributed by atoms with Crippen LogP contribution in [0.3, 0.4) is 0 Å². The van der Waals surface area contributed by atoms with Gasteiger partial charge in [-0.2, -0.15) is 0 Å². The number of anilines is 2. The molecule has 1 aromatic heterocycles. The Morgan fingerprint density at radius 3 is 2.89 bits per heavy atom. The number of hydrogen-bond donors (Lipinski definition) is 2. The first kappa shape index (κ1) is 17.9. The molecule has 0 radical (unpaired) electrons. The Morgan fingerprint density at radius 2 is 2.07 bits per heavy atom. The number of thiazole rings is 1. The van der Waals surface area contributed by atoms with Gasteiger partial charge in [-0.3, -0.25) is 14.9 Å². The minimum atomic E-state index is -0.419. The van der Waals surface area contributed by atoms with Crippen molar-refractivity contribution in [2.45, 2.75) is 18.9 Å². The molecule has 2 N–H and O–H groups in total. The van der Waals surface area contributed by atoms with Gasteiger partial charge in [0, 0.05) is 22.9 Å². The molecule has 1 atom stereocenters. The summed E-state index contributed by atoms with van der Waals surface area (Å²) in [6.07, 6.45) is 1.18. The molecule has 4 rings (SSSR count). The molecule has 8 heteroatoms. The topological polar surface area (TPSA) is 80.3 Å². The molecule has 2 amide bonds. The van der Waals surface area contributed by atoms with Gasteiger partial charge in [-0.25, -0.2) is 4.98 Å². The maximum atomic E-state index is 12.5. The number of nitrogens with one attached hydrogen (secondary N) is 2. The zero-order valence-corrected chi connectivity index (χ0v) is 15.8. The number of fused-ring (bicyclic) bond motifs is 1. The third kappa shape index (κ3) is 4.10. The lowest BCUT2D eigenvalue weighted by molar-refractivity contribution is -0.124. The van der Waals surface area contributed by atoms with E-state index in [1.54, 1.807) is 30.3 Å². The number of benzene rings is 2. The number of carbonyl (C=O) groups is 2. The van der Waals surface area contributed by atoms with Crippen molar-refractivity contribution in [3.05, 3.63) is 53.1 Å². The van der Waals surface area contributed by atoms with E-state index in [2.05, 4.69) is 15.6 Å². The molecule has 2 heterocycles. The van der Waals surface area contributed by atoms with Crippen molar-refractivity contribution >= 4 is 55.8 Å². The standard InChI is InChI=1S/C19H16ClN3O3S/c20-12-6-7-14-16(10-12)27-19(22-14)23-17(24)11-3-1-4-13(9-11)21-18(25)15-5-2-8-26-15/h1,3-4,6-7,9-10,15H,2,5,8H2,(H,21,25)(H,22,23,24)/t15-/m0/s1. The molecule has 1 saturated heterocycles. The van der Waals surface area contributed by atoms with Crippen LogP contribution >= 0.6 is 22.9 Å². The van der Waals surface area contributed by atoms with Crippen LogP contribution in [0.25, 0.3) is 10.2 Å². The van der Waals surface area contributed by atoms with Crippen LogP contribution in [0.15, 0.2) is 42.5 Å². The number of rotatable bonds is 4. The van der Waals surface area contributed by atoms with Crippen LogP contribution in [0.5, 0.6) is 0 Å². The van der Waals surface area contributed by atoms with E-state index >= 15 is 0 Å². The van der Waals surface area contributed by atoms with Crippen LogP contribution in [0.1, 0.15) is 23.2 Å². The molecule has 0 aliphatic carbocycles. The van der Waals surface area contributed by atoms with Crippen LogP contribution in [0.2, 0.25) is 5.02 Å². The van der Waals surface area contributed by atoms with Gasteiger partial charge in [0.15, 0.2) is 5.13 Å². The number of halogens is 1. The molecule has 2 aromatic carbocycles. The predicted molar refractivity (Wildman–Crippen MR) is 107 cm³/mol. The third-order valence-corrected chi connectivity index (χ3v) is 5.35. The Hall–Kier alpha value is -2.48. The van der Waals surface area contributed by atoms with E-state index in [-0.39, 0.29) is 11.8 Å².